The average Bonchev–Trinajstić information content (AvgIpc) is 3.84. The number of ether oxygens (including phenoxy) is 2. The number of amides is 4. The molecular formula is C41H50N6O6. The van der Waals surface area contributed by atoms with Gasteiger partial charge in [0.2, 0.25) is 5.91 Å². The summed E-state index contributed by atoms with van der Waals surface area (Å²) in [6, 6.07) is 26.2. The largest absolute Gasteiger partial charge is 0.444 e. The topological polar surface area (TPSA) is 144 Å². The van der Waals surface area contributed by atoms with Gasteiger partial charge in [0.15, 0.2) is 5.82 Å². The van der Waals surface area contributed by atoms with Gasteiger partial charge in [-0.3, -0.25) is 14.4 Å². The van der Waals surface area contributed by atoms with E-state index < -0.39 is 40.6 Å². The molecule has 12 nitrogen and oxygen atoms in total. The normalized spacial score (nSPS) is 14.9. The third kappa shape index (κ3) is 9.89. The second-order valence-electron chi connectivity index (χ2n) is 14.9. The number of nitrogens with one attached hydrogen (secondary N) is 3. The van der Waals surface area contributed by atoms with E-state index in [0.717, 1.165) is 35.1 Å². The molecule has 0 radical (unpaired) electrons. The first-order valence-electron chi connectivity index (χ1n) is 17.9. The Hall–Kier alpha value is -5.49. The van der Waals surface area contributed by atoms with Crippen molar-refractivity contribution in [2.45, 2.75) is 83.7 Å². The molecule has 0 aliphatic carbocycles. The summed E-state index contributed by atoms with van der Waals surface area (Å²) in [4.78, 5) is 60.4. The minimum atomic E-state index is -1.43. The van der Waals surface area contributed by atoms with Crippen LogP contribution in [0.2, 0.25) is 0 Å². The standard InChI is InChI=1S/C41H50N6O6/c1-39(2,3)53-38(51)45-40(4,5)36(49)43-33(27-52-26-29-15-9-7-10-16-29)35(48)44-34-25-47(28-42-34)41(6,37(50)46-23-13-14-24-46)32-21-19-31(20-22-32)30-17-11-8-12-18-30/h7-12,15-22,25,28,33H,13-14,23-24,26-27H2,1-6H3,(H,43,49)(H,44,48)(H,45,51)/t33-,41?/m0/s1. The van der Waals surface area contributed by atoms with Crippen molar-refractivity contribution in [2.24, 2.45) is 0 Å². The fraction of sp³-hybridized carbons (Fsp3) is 0.390. The van der Waals surface area contributed by atoms with E-state index in [1.165, 1.54) is 20.2 Å². The van der Waals surface area contributed by atoms with E-state index >= 15 is 0 Å². The number of anilines is 1. The number of hydrogen-bond donors (Lipinski definition) is 3. The van der Waals surface area contributed by atoms with Crippen molar-refractivity contribution in [3.63, 3.8) is 0 Å². The molecule has 3 aromatic carbocycles. The minimum Gasteiger partial charge on any atom is -0.444 e. The Kier molecular flexibility index (Phi) is 12.0. The molecule has 12 heteroatoms. The Morgan fingerprint density at radius 3 is 2.04 bits per heavy atom. The summed E-state index contributed by atoms with van der Waals surface area (Å²) in [6.45, 7) is 11.4. The Balaban J connectivity index is 1.37. The van der Waals surface area contributed by atoms with Gasteiger partial charge in [-0.1, -0.05) is 84.9 Å². The molecule has 1 aliphatic heterocycles. The Morgan fingerprint density at radius 2 is 1.42 bits per heavy atom. The molecule has 1 fully saturated rings. The maximum Gasteiger partial charge on any atom is 0.408 e. The summed E-state index contributed by atoms with van der Waals surface area (Å²) >= 11 is 0. The van der Waals surface area contributed by atoms with Gasteiger partial charge >= 0.3 is 6.09 Å². The predicted octanol–water partition coefficient (Wildman–Crippen LogP) is 5.88. The Bertz CT molecular complexity index is 1860. The lowest BCUT2D eigenvalue weighted by atomic mass is 9.88. The first-order chi connectivity index (χ1) is 25.2. The van der Waals surface area contributed by atoms with Crippen molar-refractivity contribution in [3.8, 4) is 11.1 Å². The zero-order chi connectivity index (χ0) is 38.2. The lowest BCUT2D eigenvalue weighted by Gasteiger charge is -2.34. The molecule has 53 heavy (non-hydrogen) atoms. The number of carbonyl (C=O) groups excluding carboxylic acids is 4. The summed E-state index contributed by atoms with van der Waals surface area (Å²) in [5, 5.41) is 8.10. The molecule has 4 aromatic rings. The van der Waals surface area contributed by atoms with Crippen LogP contribution in [0.4, 0.5) is 10.6 Å². The van der Waals surface area contributed by atoms with Crippen LogP contribution < -0.4 is 16.0 Å². The van der Waals surface area contributed by atoms with Crippen molar-refractivity contribution in [2.75, 3.05) is 25.0 Å². The van der Waals surface area contributed by atoms with Gasteiger partial charge in [-0.2, -0.15) is 0 Å². The van der Waals surface area contributed by atoms with Crippen molar-refractivity contribution >= 4 is 29.6 Å². The second kappa shape index (κ2) is 16.5. The Morgan fingerprint density at radius 1 is 0.811 bits per heavy atom. The number of aromatic nitrogens is 2. The fourth-order valence-corrected chi connectivity index (χ4v) is 6.08. The highest BCUT2D eigenvalue weighted by Crippen LogP contribution is 2.33. The summed E-state index contributed by atoms with van der Waals surface area (Å²) in [7, 11) is 0. The van der Waals surface area contributed by atoms with Crippen LogP contribution in [0.15, 0.2) is 97.5 Å². The number of alkyl carbamates (subject to hydrolysis) is 1. The number of imidazole rings is 1. The van der Waals surface area contributed by atoms with Gasteiger partial charge in [-0.15, -0.1) is 0 Å². The molecule has 4 amide bonds. The van der Waals surface area contributed by atoms with Crippen LogP contribution in [-0.4, -0.2) is 75.1 Å². The monoisotopic (exact) mass is 722 g/mol. The summed E-state index contributed by atoms with van der Waals surface area (Å²) in [6.07, 6.45) is 4.25. The van der Waals surface area contributed by atoms with Crippen molar-refractivity contribution in [1.82, 2.24) is 25.1 Å². The number of hydrogen-bond acceptors (Lipinski definition) is 7. The van der Waals surface area contributed by atoms with E-state index in [0.29, 0.717) is 13.1 Å². The van der Waals surface area contributed by atoms with Gasteiger partial charge in [-0.05, 0) is 76.6 Å². The first kappa shape index (κ1) is 38.7. The van der Waals surface area contributed by atoms with Crippen LogP contribution in [0.1, 0.15) is 65.5 Å². The van der Waals surface area contributed by atoms with Crippen LogP contribution in [0.3, 0.4) is 0 Å². The highest BCUT2D eigenvalue weighted by molar-refractivity contribution is 5.99. The van der Waals surface area contributed by atoms with Crippen molar-refractivity contribution in [3.05, 3.63) is 109 Å². The molecule has 0 saturated carbocycles. The molecule has 1 unspecified atom stereocenters. The quantitative estimate of drug-likeness (QED) is 0.156. The summed E-state index contributed by atoms with van der Waals surface area (Å²) in [5.74, 6) is -1.11. The molecular weight excluding hydrogens is 672 g/mol. The van der Waals surface area contributed by atoms with Gasteiger partial charge in [0.05, 0.1) is 19.5 Å². The van der Waals surface area contributed by atoms with Gasteiger partial charge in [0.1, 0.15) is 22.7 Å². The molecule has 280 valence electrons. The van der Waals surface area contributed by atoms with Crippen LogP contribution in [0.5, 0.6) is 0 Å². The summed E-state index contributed by atoms with van der Waals surface area (Å²) < 4.78 is 12.9. The lowest BCUT2D eigenvalue weighted by Crippen LogP contribution is -2.59. The molecule has 0 bridgehead atoms. The number of benzene rings is 3. The maximum absolute atomic E-state index is 14.3. The molecule has 5 rings (SSSR count). The van der Waals surface area contributed by atoms with Gasteiger partial charge in [0, 0.05) is 19.3 Å². The van der Waals surface area contributed by atoms with E-state index in [1.54, 1.807) is 31.5 Å². The Labute approximate surface area is 311 Å². The smallest absolute Gasteiger partial charge is 0.408 e. The van der Waals surface area contributed by atoms with Gasteiger partial charge in [-0.25, -0.2) is 9.78 Å². The average molecular weight is 723 g/mol. The van der Waals surface area contributed by atoms with Crippen LogP contribution >= 0.6 is 0 Å². The molecule has 0 spiro atoms. The second-order valence-corrected chi connectivity index (χ2v) is 14.9. The predicted molar refractivity (Wildman–Crippen MR) is 203 cm³/mol. The zero-order valence-electron chi connectivity index (χ0n) is 31.3. The molecule has 1 aromatic heterocycles. The third-order valence-corrected chi connectivity index (χ3v) is 9.11. The number of carbonyl (C=O) groups is 4. The number of likely N-dealkylation sites (tertiary alicyclic amines) is 1. The molecule has 1 aliphatic rings. The van der Waals surface area contributed by atoms with Crippen LogP contribution in [0, 0.1) is 0 Å². The van der Waals surface area contributed by atoms with Crippen LogP contribution in [-0.2, 0) is 36.0 Å². The number of rotatable bonds is 13. The SMILES string of the molecule is CC(C)(C)OC(=O)NC(C)(C)C(=O)N[C@@H](COCc1ccccc1)C(=O)Nc1cn(C(C)(C(=O)N2CCCC2)c2ccc(-c3ccccc3)cc2)cn1. The van der Waals surface area contributed by atoms with E-state index in [-0.39, 0.29) is 24.9 Å². The molecule has 3 N–H and O–H groups in total. The van der Waals surface area contributed by atoms with E-state index in [4.69, 9.17) is 9.47 Å². The first-order valence-corrected chi connectivity index (χ1v) is 17.9. The van der Waals surface area contributed by atoms with E-state index in [1.807, 2.05) is 96.8 Å². The molecule has 2 heterocycles. The highest BCUT2D eigenvalue weighted by atomic mass is 16.6. The fourth-order valence-electron chi connectivity index (χ4n) is 6.08. The third-order valence-electron chi connectivity index (χ3n) is 9.11. The molecule has 2 atom stereocenters. The minimum absolute atomic E-state index is 0.0723. The maximum atomic E-state index is 14.3. The summed E-state index contributed by atoms with van der Waals surface area (Å²) in [5.41, 5.74) is 0.378. The zero-order valence-corrected chi connectivity index (χ0v) is 31.3. The van der Waals surface area contributed by atoms with Crippen molar-refractivity contribution < 1.29 is 28.7 Å². The van der Waals surface area contributed by atoms with E-state index in [9.17, 15) is 19.2 Å². The molecule has 1 saturated heterocycles. The lowest BCUT2D eigenvalue weighted by molar-refractivity contribution is -0.137. The number of nitrogens with zero attached hydrogens (tertiary/aromatic N) is 3. The highest BCUT2D eigenvalue weighted by Gasteiger charge is 2.41. The van der Waals surface area contributed by atoms with Crippen molar-refractivity contribution in [1.29, 1.82) is 0 Å². The van der Waals surface area contributed by atoms with Gasteiger partial charge in [0.25, 0.3) is 11.8 Å². The van der Waals surface area contributed by atoms with E-state index in [2.05, 4.69) is 20.9 Å². The van der Waals surface area contributed by atoms with Crippen LogP contribution in [0.25, 0.3) is 11.1 Å². The van der Waals surface area contributed by atoms with Gasteiger partial charge < -0.3 is 34.9 Å².